The van der Waals surface area contributed by atoms with E-state index in [1.165, 1.54) is 12.1 Å². The quantitative estimate of drug-likeness (QED) is 0.296. The maximum Gasteiger partial charge on any atom is 0.420 e. The summed E-state index contributed by atoms with van der Waals surface area (Å²) in [6, 6.07) is 6.66. The van der Waals surface area contributed by atoms with E-state index in [0.717, 1.165) is 15.8 Å². The fourth-order valence-corrected chi connectivity index (χ4v) is 3.12. The Hall–Kier alpha value is -2.92. The fraction of sp³-hybridized carbons (Fsp3) is 0.381. The number of aryl methyl sites for hydroxylation is 1. The topological polar surface area (TPSA) is 150 Å². The zero-order valence-electron chi connectivity index (χ0n) is 17.4. The van der Waals surface area contributed by atoms with E-state index in [9.17, 15) is 14.7 Å². The number of oxazole rings is 1. The number of benzene rings is 1. The Morgan fingerprint density at radius 3 is 2.78 bits per heavy atom. The molecule has 0 bridgehead atoms. The van der Waals surface area contributed by atoms with Gasteiger partial charge in [0, 0.05) is 36.5 Å². The normalized spacial score (nSPS) is 13.2. The molecular formula is C21H24ClN3O7. The summed E-state index contributed by atoms with van der Waals surface area (Å²) in [6.45, 7) is 0.670. The van der Waals surface area contributed by atoms with Crippen LogP contribution in [0.25, 0.3) is 11.1 Å². The predicted octanol–water partition coefficient (Wildman–Crippen LogP) is 1.15. The van der Waals surface area contributed by atoms with E-state index in [2.05, 4.69) is 4.98 Å². The maximum atomic E-state index is 12.4. The Balaban J connectivity index is 1.83. The van der Waals surface area contributed by atoms with Gasteiger partial charge in [-0.05, 0) is 19.1 Å². The third kappa shape index (κ3) is 5.28. The molecule has 4 N–H and O–H groups in total. The van der Waals surface area contributed by atoms with Gasteiger partial charge in [0.25, 0.3) is 0 Å². The number of halogens is 1. The second-order valence-electron chi connectivity index (χ2n) is 7.33. The monoisotopic (exact) mass is 465 g/mol. The third-order valence-electron chi connectivity index (χ3n) is 4.75. The molecule has 10 nitrogen and oxygen atoms in total. The Morgan fingerprint density at radius 2 is 2.12 bits per heavy atom. The zero-order chi connectivity index (χ0) is 23.3. The summed E-state index contributed by atoms with van der Waals surface area (Å²) in [4.78, 5) is 29.0. The van der Waals surface area contributed by atoms with Crippen LogP contribution in [-0.4, -0.2) is 51.1 Å². The Labute approximate surface area is 188 Å². The van der Waals surface area contributed by atoms with Gasteiger partial charge in [-0.1, -0.05) is 17.7 Å². The van der Waals surface area contributed by atoms with Crippen LogP contribution in [0.3, 0.4) is 0 Å². The van der Waals surface area contributed by atoms with Gasteiger partial charge >= 0.3 is 11.7 Å². The average Bonchev–Trinajstić information content (AvgIpc) is 3.07. The van der Waals surface area contributed by atoms with Crippen molar-refractivity contribution in [3.63, 3.8) is 0 Å². The summed E-state index contributed by atoms with van der Waals surface area (Å²) in [5, 5.41) is 18.7. The SMILES string of the molecule is Cc1ccc(COc2cc3oc(=O)n(CC(N)(CO)C(=O)OCCCO)c3cc2Cl)cn1. The number of fused-ring (bicyclic) bond motifs is 1. The highest BCUT2D eigenvalue weighted by Crippen LogP contribution is 2.31. The van der Waals surface area contributed by atoms with Crippen LogP contribution in [-0.2, 0) is 22.7 Å². The summed E-state index contributed by atoms with van der Waals surface area (Å²) in [5.74, 6) is -1.40. The average molecular weight is 466 g/mol. The van der Waals surface area contributed by atoms with Crippen molar-refractivity contribution < 1.29 is 28.9 Å². The number of aliphatic hydroxyl groups is 2. The summed E-state index contributed by atoms with van der Waals surface area (Å²) in [7, 11) is 0. The Bertz CT molecular complexity index is 1140. The number of pyridine rings is 1. The number of ether oxygens (including phenoxy) is 2. The smallest absolute Gasteiger partial charge is 0.420 e. The summed E-state index contributed by atoms with van der Waals surface area (Å²) >= 11 is 6.33. The maximum absolute atomic E-state index is 12.4. The lowest BCUT2D eigenvalue weighted by Gasteiger charge is -2.25. The first-order valence-corrected chi connectivity index (χ1v) is 10.2. The molecule has 1 aromatic carbocycles. The molecule has 1 atom stereocenters. The molecule has 1 unspecified atom stereocenters. The minimum atomic E-state index is -1.89. The van der Waals surface area contributed by atoms with Crippen LogP contribution in [0.15, 0.2) is 39.7 Å². The number of carbonyl (C=O) groups is 1. The van der Waals surface area contributed by atoms with Gasteiger partial charge in [-0.3, -0.25) is 9.55 Å². The van der Waals surface area contributed by atoms with Gasteiger partial charge < -0.3 is 29.8 Å². The molecule has 2 aromatic heterocycles. The molecule has 0 spiro atoms. The molecule has 0 saturated carbocycles. The molecule has 0 aliphatic rings. The van der Waals surface area contributed by atoms with Crippen LogP contribution < -0.4 is 16.2 Å². The second-order valence-corrected chi connectivity index (χ2v) is 7.74. The molecule has 3 rings (SSSR count). The highest BCUT2D eigenvalue weighted by atomic mass is 35.5. The largest absolute Gasteiger partial charge is 0.487 e. The first kappa shape index (κ1) is 23.7. The fourth-order valence-electron chi connectivity index (χ4n) is 2.90. The van der Waals surface area contributed by atoms with Crippen LogP contribution >= 0.6 is 11.6 Å². The van der Waals surface area contributed by atoms with E-state index >= 15 is 0 Å². The van der Waals surface area contributed by atoms with Crippen molar-refractivity contribution in [3.8, 4) is 5.75 Å². The van der Waals surface area contributed by atoms with E-state index < -0.39 is 30.4 Å². The number of rotatable bonds is 10. The molecule has 11 heteroatoms. The van der Waals surface area contributed by atoms with Crippen LogP contribution in [0.2, 0.25) is 5.02 Å². The van der Waals surface area contributed by atoms with Crippen LogP contribution in [0.1, 0.15) is 17.7 Å². The van der Waals surface area contributed by atoms with E-state index in [4.69, 9.17) is 36.3 Å². The van der Waals surface area contributed by atoms with Gasteiger partial charge in [0.2, 0.25) is 0 Å². The number of aromatic nitrogens is 2. The van der Waals surface area contributed by atoms with Crippen molar-refractivity contribution in [1.29, 1.82) is 0 Å². The number of nitrogens with two attached hydrogens (primary N) is 1. The summed E-state index contributed by atoms with van der Waals surface area (Å²) in [5.41, 5.74) is 6.28. The van der Waals surface area contributed by atoms with Gasteiger partial charge in [0.05, 0.1) is 30.3 Å². The minimum Gasteiger partial charge on any atom is -0.487 e. The predicted molar refractivity (Wildman–Crippen MR) is 115 cm³/mol. The van der Waals surface area contributed by atoms with Crippen molar-refractivity contribution in [2.45, 2.75) is 32.0 Å². The number of nitrogens with zero attached hydrogens (tertiary/aromatic N) is 2. The lowest BCUT2D eigenvalue weighted by atomic mass is 10.0. The van der Waals surface area contributed by atoms with Crippen LogP contribution in [0.4, 0.5) is 0 Å². The molecule has 172 valence electrons. The second kappa shape index (κ2) is 10.1. The molecule has 0 aliphatic carbocycles. The Kier molecular flexibility index (Phi) is 7.52. The third-order valence-corrected chi connectivity index (χ3v) is 5.05. The molecular weight excluding hydrogens is 442 g/mol. The van der Waals surface area contributed by atoms with Gasteiger partial charge in [-0.25, -0.2) is 9.59 Å². The van der Waals surface area contributed by atoms with Gasteiger partial charge in [-0.2, -0.15) is 0 Å². The van der Waals surface area contributed by atoms with E-state index in [1.54, 1.807) is 6.20 Å². The Morgan fingerprint density at radius 1 is 1.34 bits per heavy atom. The van der Waals surface area contributed by atoms with E-state index in [1.807, 2.05) is 19.1 Å². The van der Waals surface area contributed by atoms with E-state index in [-0.39, 0.29) is 42.4 Å². The summed E-state index contributed by atoms with van der Waals surface area (Å²) < 4.78 is 17.1. The molecule has 32 heavy (non-hydrogen) atoms. The summed E-state index contributed by atoms with van der Waals surface area (Å²) in [6.07, 6.45) is 1.91. The van der Waals surface area contributed by atoms with Crippen LogP contribution in [0, 0.1) is 6.92 Å². The van der Waals surface area contributed by atoms with Crippen molar-refractivity contribution in [3.05, 3.63) is 57.3 Å². The van der Waals surface area contributed by atoms with Crippen molar-refractivity contribution in [1.82, 2.24) is 9.55 Å². The van der Waals surface area contributed by atoms with E-state index in [0.29, 0.717) is 5.75 Å². The van der Waals surface area contributed by atoms with Crippen molar-refractivity contribution in [2.24, 2.45) is 5.73 Å². The first-order valence-electron chi connectivity index (χ1n) is 9.82. The highest BCUT2D eigenvalue weighted by molar-refractivity contribution is 6.32. The molecule has 3 aromatic rings. The van der Waals surface area contributed by atoms with Gasteiger partial charge in [-0.15, -0.1) is 0 Å². The van der Waals surface area contributed by atoms with Gasteiger partial charge in [0.15, 0.2) is 11.1 Å². The van der Waals surface area contributed by atoms with Gasteiger partial charge in [0.1, 0.15) is 12.4 Å². The number of hydrogen-bond acceptors (Lipinski definition) is 9. The first-order chi connectivity index (χ1) is 15.3. The highest BCUT2D eigenvalue weighted by Gasteiger charge is 2.37. The number of esters is 1. The van der Waals surface area contributed by atoms with Crippen LogP contribution in [0.5, 0.6) is 5.75 Å². The lowest BCUT2D eigenvalue weighted by molar-refractivity contribution is -0.152. The molecule has 0 saturated heterocycles. The lowest BCUT2D eigenvalue weighted by Crippen LogP contribution is -2.56. The number of aliphatic hydroxyl groups excluding tert-OH is 2. The van der Waals surface area contributed by atoms with Crippen molar-refractivity contribution >= 4 is 28.7 Å². The standard InChI is InChI=1S/C21H24ClN3O7/c1-13-3-4-14(9-24-13)10-31-17-8-18-16(7-15(17)22)25(20(29)32-18)11-21(23,12-27)19(28)30-6-2-5-26/h3-4,7-9,26-27H,2,5-6,10-12,23H2,1H3. The number of hydrogen-bond donors (Lipinski definition) is 3. The minimum absolute atomic E-state index is 0.0711. The zero-order valence-corrected chi connectivity index (χ0v) is 18.2. The molecule has 0 fully saturated rings. The molecule has 0 radical (unpaired) electrons. The van der Waals surface area contributed by atoms with Crippen molar-refractivity contribution in [2.75, 3.05) is 19.8 Å². The molecule has 0 aliphatic heterocycles. The molecule has 2 heterocycles. The molecule has 0 amide bonds. The number of carbonyl (C=O) groups excluding carboxylic acids is 1.